The first kappa shape index (κ1) is 12.3. The summed E-state index contributed by atoms with van der Waals surface area (Å²) in [5, 5.41) is 0. The van der Waals surface area contributed by atoms with Crippen LogP contribution in [0.5, 0.6) is 0 Å². The van der Waals surface area contributed by atoms with Crippen molar-refractivity contribution in [1.82, 2.24) is 9.80 Å². The van der Waals surface area contributed by atoms with E-state index >= 15 is 0 Å². The van der Waals surface area contributed by atoms with E-state index in [2.05, 4.69) is 18.7 Å². The van der Waals surface area contributed by atoms with Crippen LogP contribution in [-0.2, 0) is 0 Å². The van der Waals surface area contributed by atoms with Crippen molar-refractivity contribution in [1.29, 1.82) is 0 Å². The van der Waals surface area contributed by atoms with Gasteiger partial charge in [-0.3, -0.25) is 0 Å². The van der Waals surface area contributed by atoms with Gasteiger partial charge in [0.2, 0.25) is 0 Å². The topological polar surface area (TPSA) is 23.6 Å². The van der Waals surface area contributed by atoms with E-state index in [0.29, 0.717) is 12.0 Å². The van der Waals surface area contributed by atoms with Crippen molar-refractivity contribution in [3.63, 3.8) is 0 Å². The molecule has 0 heterocycles. The lowest BCUT2D eigenvalue weighted by atomic mass is 10.1. The lowest BCUT2D eigenvalue weighted by Crippen LogP contribution is -2.46. The Bertz CT molecular complexity index is 208. The Morgan fingerprint density at radius 2 is 1.80 bits per heavy atom. The molecule has 0 bridgehead atoms. The van der Waals surface area contributed by atoms with E-state index in [0.717, 1.165) is 6.54 Å². The minimum absolute atomic E-state index is 0.176. The predicted octanol–water partition coefficient (Wildman–Crippen LogP) is 2.57. The van der Waals surface area contributed by atoms with Crippen LogP contribution >= 0.6 is 0 Å². The van der Waals surface area contributed by atoms with Crippen LogP contribution in [-0.4, -0.2) is 42.5 Å². The van der Waals surface area contributed by atoms with E-state index in [9.17, 15) is 4.79 Å². The fourth-order valence-electron chi connectivity index (χ4n) is 2.25. The van der Waals surface area contributed by atoms with Crippen molar-refractivity contribution in [2.24, 2.45) is 5.92 Å². The summed E-state index contributed by atoms with van der Waals surface area (Å²) in [6.45, 7) is 5.23. The number of carbonyl (C=O) groups excluding carboxylic acids is 1. The van der Waals surface area contributed by atoms with Crippen LogP contribution in [0.3, 0.4) is 0 Å². The van der Waals surface area contributed by atoms with Crippen LogP contribution < -0.4 is 0 Å². The molecule has 1 rings (SSSR count). The van der Waals surface area contributed by atoms with Crippen LogP contribution in [0.2, 0.25) is 0 Å². The third kappa shape index (κ3) is 3.40. The third-order valence-electron chi connectivity index (χ3n) is 2.96. The Balaban J connectivity index is 2.63. The van der Waals surface area contributed by atoms with Crippen LogP contribution in [0.15, 0.2) is 0 Å². The van der Waals surface area contributed by atoms with Gasteiger partial charge < -0.3 is 9.80 Å². The minimum atomic E-state index is 0.176. The van der Waals surface area contributed by atoms with Crippen molar-refractivity contribution >= 4 is 6.03 Å². The second-order valence-corrected chi connectivity index (χ2v) is 5.16. The smallest absolute Gasteiger partial charge is 0.319 e. The molecule has 15 heavy (non-hydrogen) atoms. The maximum Gasteiger partial charge on any atom is 0.319 e. The molecular formula is C12H24N2O. The van der Waals surface area contributed by atoms with Gasteiger partial charge in [0.05, 0.1) is 0 Å². The van der Waals surface area contributed by atoms with Crippen molar-refractivity contribution in [2.45, 2.75) is 45.6 Å². The SMILES string of the molecule is CC(C)CN(C(=O)N(C)C)C1CCCC1. The molecule has 1 saturated carbocycles. The molecule has 0 aromatic heterocycles. The first-order chi connectivity index (χ1) is 7.02. The summed E-state index contributed by atoms with van der Waals surface area (Å²) in [7, 11) is 3.68. The number of amides is 2. The maximum absolute atomic E-state index is 12.0. The molecule has 0 saturated heterocycles. The van der Waals surface area contributed by atoms with Crippen LogP contribution in [0.1, 0.15) is 39.5 Å². The highest BCUT2D eigenvalue weighted by molar-refractivity contribution is 5.74. The van der Waals surface area contributed by atoms with Gasteiger partial charge in [0.15, 0.2) is 0 Å². The molecule has 1 aliphatic rings. The average molecular weight is 212 g/mol. The van der Waals surface area contributed by atoms with Gasteiger partial charge in [-0.15, -0.1) is 0 Å². The number of nitrogens with zero attached hydrogens (tertiary/aromatic N) is 2. The highest BCUT2D eigenvalue weighted by Gasteiger charge is 2.27. The molecule has 3 heteroatoms. The van der Waals surface area contributed by atoms with Crippen LogP contribution in [0, 0.1) is 5.92 Å². The number of hydrogen-bond donors (Lipinski definition) is 0. The molecule has 0 aromatic rings. The summed E-state index contributed by atoms with van der Waals surface area (Å²) in [5.41, 5.74) is 0. The van der Waals surface area contributed by atoms with Gasteiger partial charge in [0.1, 0.15) is 0 Å². The molecule has 0 unspecified atom stereocenters. The highest BCUT2D eigenvalue weighted by Crippen LogP contribution is 2.24. The summed E-state index contributed by atoms with van der Waals surface area (Å²) in [5.74, 6) is 0.550. The monoisotopic (exact) mass is 212 g/mol. The molecule has 88 valence electrons. The molecule has 0 N–H and O–H groups in total. The molecule has 1 aliphatic carbocycles. The predicted molar refractivity (Wildman–Crippen MR) is 62.9 cm³/mol. The lowest BCUT2D eigenvalue weighted by Gasteiger charge is -2.32. The van der Waals surface area contributed by atoms with Gasteiger partial charge in [-0.1, -0.05) is 26.7 Å². The number of rotatable bonds is 3. The van der Waals surface area contributed by atoms with Gasteiger partial charge >= 0.3 is 6.03 Å². The highest BCUT2D eigenvalue weighted by atomic mass is 16.2. The zero-order valence-corrected chi connectivity index (χ0v) is 10.5. The largest absolute Gasteiger partial charge is 0.331 e. The van der Waals surface area contributed by atoms with Crippen molar-refractivity contribution < 1.29 is 4.79 Å². The zero-order chi connectivity index (χ0) is 11.4. The minimum Gasteiger partial charge on any atom is -0.331 e. The molecule has 0 radical (unpaired) electrons. The summed E-state index contributed by atoms with van der Waals surface area (Å²) >= 11 is 0. The summed E-state index contributed by atoms with van der Waals surface area (Å²) < 4.78 is 0. The van der Waals surface area contributed by atoms with E-state index in [1.807, 2.05) is 14.1 Å². The molecule has 3 nitrogen and oxygen atoms in total. The molecule has 2 amide bonds. The zero-order valence-electron chi connectivity index (χ0n) is 10.5. The Kier molecular flexibility index (Phi) is 4.43. The van der Waals surface area contributed by atoms with Crippen molar-refractivity contribution in [2.75, 3.05) is 20.6 Å². The van der Waals surface area contributed by atoms with Gasteiger partial charge in [-0.25, -0.2) is 4.79 Å². The van der Waals surface area contributed by atoms with Crippen LogP contribution in [0.25, 0.3) is 0 Å². The number of hydrogen-bond acceptors (Lipinski definition) is 1. The van der Waals surface area contributed by atoms with E-state index < -0.39 is 0 Å². The maximum atomic E-state index is 12.0. The second-order valence-electron chi connectivity index (χ2n) is 5.16. The van der Waals surface area contributed by atoms with Crippen molar-refractivity contribution in [3.05, 3.63) is 0 Å². The Morgan fingerprint density at radius 1 is 1.27 bits per heavy atom. The Morgan fingerprint density at radius 3 is 2.20 bits per heavy atom. The first-order valence-corrected chi connectivity index (χ1v) is 6.00. The fourth-order valence-corrected chi connectivity index (χ4v) is 2.25. The quantitative estimate of drug-likeness (QED) is 0.705. The first-order valence-electron chi connectivity index (χ1n) is 6.00. The molecule has 0 atom stereocenters. The summed E-state index contributed by atoms with van der Waals surface area (Å²) in [6, 6.07) is 0.665. The fraction of sp³-hybridized carbons (Fsp3) is 0.917. The second kappa shape index (κ2) is 5.38. The van der Waals surface area contributed by atoms with E-state index in [1.165, 1.54) is 25.7 Å². The van der Waals surface area contributed by atoms with Crippen LogP contribution in [0.4, 0.5) is 4.79 Å². The van der Waals surface area contributed by atoms with Gasteiger partial charge in [0.25, 0.3) is 0 Å². The summed E-state index contributed by atoms with van der Waals surface area (Å²) in [6.07, 6.45) is 4.93. The lowest BCUT2D eigenvalue weighted by molar-refractivity contribution is 0.141. The molecule has 0 aromatic carbocycles. The van der Waals surface area contributed by atoms with Gasteiger partial charge in [0, 0.05) is 26.7 Å². The van der Waals surface area contributed by atoms with E-state index in [-0.39, 0.29) is 6.03 Å². The van der Waals surface area contributed by atoms with Gasteiger partial charge in [-0.2, -0.15) is 0 Å². The molecule has 0 spiro atoms. The third-order valence-corrected chi connectivity index (χ3v) is 2.96. The normalized spacial score (nSPS) is 17.1. The standard InChI is InChI=1S/C12H24N2O/c1-10(2)9-14(12(15)13(3)4)11-7-5-6-8-11/h10-11H,5-9H2,1-4H3. The Hall–Kier alpha value is -0.730. The van der Waals surface area contributed by atoms with E-state index in [4.69, 9.17) is 0 Å². The van der Waals surface area contributed by atoms with E-state index in [1.54, 1.807) is 4.90 Å². The number of carbonyl (C=O) groups is 1. The molecular weight excluding hydrogens is 188 g/mol. The molecule has 1 fully saturated rings. The summed E-state index contributed by atoms with van der Waals surface area (Å²) in [4.78, 5) is 15.8. The molecule has 0 aliphatic heterocycles. The Labute approximate surface area is 93.4 Å². The van der Waals surface area contributed by atoms with Gasteiger partial charge in [-0.05, 0) is 18.8 Å². The van der Waals surface area contributed by atoms with Crippen molar-refractivity contribution in [3.8, 4) is 0 Å². The number of urea groups is 1. The average Bonchev–Trinajstić information content (AvgIpc) is 2.65.